The molecule has 150 valence electrons. The van der Waals surface area contributed by atoms with E-state index in [0.29, 0.717) is 18.9 Å². The SMILES string of the molecule is Cc1cccc(N(CC(=O)N[C@H]2COC[C@H]2Cc2ccncc2)S(C)(=O)=O)c1. The number of nitrogens with one attached hydrogen (secondary N) is 1. The molecule has 2 heterocycles. The van der Waals surface area contributed by atoms with E-state index in [1.165, 1.54) is 0 Å². The number of anilines is 1. The number of benzene rings is 1. The highest BCUT2D eigenvalue weighted by atomic mass is 32.2. The Morgan fingerprint density at radius 1 is 1.25 bits per heavy atom. The third-order valence-corrected chi connectivity index (χ3v) is 5.91. The highest BCUT2D eigenvalue weighted by Gasteiger charge is 2.31. The molecule has 0 unspecified atom stereocenters. The smallest absolute Gasteiger partial charge is 0.241 e. The van der Waals surface area contributed by atoms with Gasteiger partial charge in [0.2, 0.25) is 15.9 Å². The van der Waals surface area contributed by atoms with E-state index in [9.17, 15) is 13.2 Å². The first kappa shape index (κ1) is 20.3. The van der Waals surface area contributed by atoms with Crippen LogP contribution >= 0.6 is 0 Å². The van der Waals surface area contributed by atoms with E-state index in [1.54, 1.807) is 30.6 Å². The summed E-state index contributed by atoms with van der Waals surface area (Å²) in [7, 11) is -3.59. The zero-order chi connectivity index (χ0) is 20.1. The van der Waals surface area contributed by atoms with Crippen LogP contribution < -0.4 is 9.62 Å². The van der Waals surface area contributed by atoms with E-state index in [1.807, 2.05) is 25.1 Å². The fraction of sp³-hybridized carbons (Fsp3) is 0.400. The van der Waals surface area contributed by atoms with Crippen LogP contribution in [0, 0.1) is 12.8 Å². The average molecular weight is 404 g/mol. The molecule has 8 heteroatoms. The molecule has 1 aromatic heterocycles. The summed E-state index contributed by atoms with van der Waals surface area (Å²) in [5, 5.41) is 2.95. The zero-order valence-electron chi connectivity index (χ0n) is 16.0. The second-order valence-corrected chi connectivity index (χ2v) is 9.05. The summed E-state index contributed by atoms with van der Waals surface area (Å²) in [4.78, 5) is 16.6. The van der Waals surface area contributed by atoms with Crippen LogP contribution in [0.3, 0.4) is 0 Å². The van der Waals surface area contributed by atoms with E-state index in [4.69, 9.17) is 4.74 Å². The van der Waals surface area contributed by atoms with Crippen molar-refractivity contribution < 1.29 is 17.9 Å². The molecule has 0 saturated carbocycles. The Morgan fingerprint density at radius 2 is 2.00 bits per heavy atom. The number of aryl methyl sites for hydroxylation is 1. The molecule has 1 aliphatic rings. The van der Waals surface area contributed by atoms with Gasteiger partial charge in [0, 0.05) is 18.3 Å². The summed E-state index contributed by atoms with van der Waals surface area (Å²) in [5.74, 6) is -0.209. The van der Waals surface area contributed by atoms with E-state index in [0.717, 1.165) is 28.1 Å². The molecule has 0 aliphatic carbocycles. The Hall–Kier alpha value is -2.45. The minimum absolute atomic E-state index is 0.136. The van der Waals surface area contributed by atoms with Crippen LogP contribution in [0.25, 0.3) is 0 Å². The molecule has 1 aromatic carbocycles. The molecule has 1 amide bonds. The fourth-order valence-corrected chi connectivity index (χ4v) is 4.20. The van der Waals surface area contributed by atoms with Crippen LogP contribution in [0.15, 0.2) is 48.8 Å². The normalized spacial score (nSPS) is 19.4. The molecular weight excluding hydrogens is 378 g/mol. The molecule has 0 bridgehead atoms. The summed E-state index contributed by atoms with van der Waals surface area (Å²) < 4.78 is 31.2. The van der Waals surface area contributed by atoms with E-state index < -0.39 is 10.0 Å². The Bertz CT molecular complexity index is 918. The van der Waals surface area contributed by atoms with Gasteiger partial charge in [0.25, 0.3) is 0 Å². The number of pyridine rings is 1. The van der Waals surface area contributed by atoms with Crippen molar-refractivity contribution >= 4 is 21.6 Å². The number of amides is 1. The van der Waals surface area contributed by atoms with Crippen molar-refractivity contribution in [3.63, 3.8) is 0 Å². The van der Waals surface area contributed by atoms with Crippen LogP contribution in [-0.4, -0.2) is 51.4 Å². The minimum Gasteiger partial charge on any atom is -0.379 e. The van der Waals surface area contributed by atoms with Crippen LogP contribution in [-0.2, 0) is 26.0 Å². The topological polar surface area (TPSA) is 88.6 Å². The van der Waals surface area contributed by atoms with Crippen LogP contribution in [0.4, 0.5) is 5.69 Å². The van der Waals surface area contributed by atoms with Crippen LogP contribution in [0.2, 0.25) is 0 Å². The second-order valence-electron chi connectivity index (χ2n) is 7.14. The van der Waals surface area contributed by atoms with Crippen molar-refractivity contribution in [2.45, 2.75) is 19.4 Å². The van der Waals surface area contributed by atoms with Crippen molar-refractivity contribution in [3.05, 3.63) is 59.9 Å². The van der Waals surface area contributed by atoms with Crippen LogP contribution in [0.1, 0.15) is 11.1 Å². The van der Waals surface area contributed by atoms with Crippen molar-refractivity contribution in [2.24, 2.45) is 5.92 Å². The second kappa shape index (κ2) is 8.70. The number of hydrogen-bond acceptors (Lipinski definition) is 5. The molecule has 1 fully saturated rings. The molecule has 7 nitrogen and oxygen atoms in total. The van der Waals surface area contributed by atoms with Gasteiger partial charge < -0.3 is 10.1 Å². The number of aromatic nitrogens is 1. The van der Waals surface area contributed by atoms with Crippen molar-refractivity contribution in [1.82, 2.24) is 10.3 Å². The summed E-state index contributed by atoms with van der Waals surface area (Å²) in [6.45, 7) is 2.59. The van der Waals surface area contributed by atoms with Crippen LogP contribution in [0.5, 0.6) is 0 Å². The molecule has 1 saturated heterocycles. The maximum absolute atomic E-state index is 12.6. The van der Waals surface area contributed by atoms with Gasteiger partial charge >= 0.3 is 0 Å². The summed E-state index contributed by atoms with van der Waals surface area (Å²) in [5.41, 5.74) is 2.53. The maximum Gasteiger partial charge on any atom is 0.241 e. The Kier molecular flexibility index (Phi) is 6.31. The highest BCUT2D eigenvalue weighted by Crippen LogP contribution is 2.21. The number of carbonyl (C=O) groups is 1. The third-order valence-electron chi connectivity index (χ3n) is 4.77. The highest BCUT2D eigenvalue weighted by molar-refractivity contribution is 7.92. The van der Waals surface area contributed by atoms with E-state index >= 15 is 0 Å². The lowest BCUT2D eigenvalue weighted by molar-refractivity contribution is -0.120. The molecule has 28 heavy (non-hydrogen) atoms. The lowest BCUT2D eigenvalue weighted by atomic mass is 9.95. The summed E-state index contributed by atoms with van der Waals surface area (Å²) in [6.07, 6.45) is 5.35. The largest absolute Gasteiger partial charge is 0.379 e. The Labute approximate surface area is 165 Å². The molecule has 2 aromatic rings. The molecule has 1 aliphatic heterocycles. The van der Waals surface area contributed by atoms with E-state index in [2.05, 4.69) is 10.3 Å². The van der Waals surface area contributed by atoms with Crippen molar-refractivity contribution in [1.29, 1.82) is 0 Å². The van der Waals surface area contributed by atoms with Gasteiger partial charge in [-0.1, -0.05) is 12.1 Å². The minimum atomic E-state index is -3.59. The van der Waals surface area contributed by atoms with Crippen molar-refractivity contribution in [3.8, 4) is 0 Å². The van der Waals surface area contributed by atoms with Gasteiger partial charge in [-0.2, -0.15) is 0 Å². The first-order valence-electron chi connectivity index (χ1n) is 9.13. The maximum atomic E-state index is 12.6. The number of carbonyl (C=O) groups excluding carboxylic acids is 1. The van der Waals surface area contributed by atoms with Gasteiger partial charge in [-0.05, 0) is 48.7 Å². The molecule has 0 spiro atoms. The molecule has 2 atom stereocenters. The quantitative estimate of drug-likeness (QED) is 0.757. The molecule has 3 rings (SSSR count). The van der Waals surface area contributed by atoms with Gasteiger partial charge in [-0.15, -0.1) is 0 Å². The first-order chi connectivity index (χ1) is 13.3. The van der Waals surface area contributed by atoms with Gasteiger partial charge in [-0.25, -0.2) is 8.42 Å². The number of hydrogen-bond donors (Lipinski definition) is 1. The third kappa shape index (κ3) is 5.30. The van der Waals surface area contributed by atoms with Gasteiger partial charge in [0.05, 0.1) is 31.2 Å². The number of rotatable bonds is 7. The lowest BCUT2D eigenvalue weighted by Crippen LogP contribution is -2.46. The lowest BCUT2D eigenvalue weighted by Gasteiger charge is -2.24. The predicted molar refractivity (Wildman–Crippen MR) is 108 cm³/mol. The molecular formula is C20H25N3O4S. The van der Waals surface area contributed by atoms with Gasteiger partial charge in [-0.3, -0.25) is 14.1 Å². The Morgan fingerprint density at radius 3 is 2.68 bits per heavy atom. The molecule has 0 radical (unpaired) electrons. The number of ether oxygens (including phenoxy) is 1. The standard InChI is InChI=1S/C20H25N3O4S/c1-15-4-3-5-18(10-15)23(28(2,25)26)12-20(24)22-19-14-27-13-17(19)11-16-6-8-21-9-7-16/h3-10,17,19H,11-14H2,1-2H3,(H,22,24)/t17-,19+/m1/s1. The first-order valence-corrected chi connectivity index (χ1v) is 11.0. The fourth-order valence-electron chi connectivity index (χ4n) is 3.35. The average Bonchev–Trinajstić information content (AvgIpc) is 3.06. The molecule has 1 N–H and O–H groups in total. The number of sulfonamides is 1. The zero-order valence-corrected chi connectivity index (χ0v) is 16.9. The predicted octanol–water partition coefficient (Wildman–Crippen LogP) is 1.53. The number of nitrogens with zero attached hydrogens (tertiary/aromatic N) is 2. The monoisotopic (exact) mass is 403 g/mol. The summed E-state index contributed by atoms with van der Waals surface area (Å²) >= 11 is 0. The van der Waals surface area contributed by atoms with Gasteiger partial charge in [0.1, 0.15) is 6.54 Å². The van der Waals surface area contributed by atoms with E-state index in [-0.39, 0.29) is 24.4 Å². The Balaban J connectivity index is 1.67. The van der Waals surface area contributed by atoms with Gasteiger partial charge in [0.15, 0.2) is 0 Å². The van der Waals surface area contributed by atoms with Crippen molar-refractivity contribution in [2.75, 3.05) is 30.3 Å². The summed E-state index contributed by atoms with van der Waals surface area (Å²) in [6, 6.07) is 10.8.